The van der Waals surface area contributed by atoms with Crippen LogP contribution in [0.15, 0.2) is 12.3 Å². The Morgan fingerprint density at radius 1 is 1.36 bits per heavy atom. The molecule has 0 spiro atoms. The number of amides is 2. The number of hydrogen-bond acceptors (Lipinski definition) is 3. The second kappa shape index (κ2) is 4.55. The lowest BCUT2D eigenvalue weighted by atomic mass is 10.3. The Hall–Kier alpha value is -1.65. The monoisotopic (exact) mass is 197 g/mol. The van der Waals surface area contributed by atoms with Crippen molar-refractivity contribution in [2.24, 2.45) is 0 Å². The molecule has 1 aliphatic rings. The van der Waals surface area contributed by atoms with E-state index in [1.54, 1.807) is 0 Å². The maximum absolute atomic E-state index is 11.1. The highest BCUT2D eigenvalue weighted by Gasteiger charge is 2.26. The van der Waals surface area contributed by atoms with E-state index >= 15 is 0 Å². The van der Waals surface area contributed by atoms with Crippen molar-refractivity contribution in [1.82, 2.24) is 4.90 Å². The van der Waals surface area contributed by atoms with Crippen LogP contribution >= 0.6 is 0 Å². The zero-order valence-electron chi connectivity index (χ0n) is 7.60. The third-order valence-electron chi connectivity index (χ3n) is 1.87. The first kappa shape index (κ1) is 10.4. The van der Waals surface area contributed by atoms with E-state index in [1.165, 1.54) is 12.3 Å². The Morgan fingerprint density at radius 2 is 1.93 bits per heavy atom. The normalized spacial score (nSPS) is 17.0. The van der Waals surface area contributed by atoms with Crippen molar-refractivity contribution in [3.8, 4) is 0 Å². The zero-order chi connectivity index (χ0) is 10.6. The molecule has 0 saturated carbocycles. The van der Waals surface area contributed by atoms with Crippen molar-refractivity contribution in [2.45, 2.75) is 25.7 Å². The summed E-state index contributed by atoms with van der Waals surface area (Å²) in [4.78, 5) is 33.3. The van der Waals surface area contributed by atoms with Gasteiger partial charge in [0.1, 0.15) is 0 Å². The number of carbonyl (C=O) groups is 3. The SMILES string of the molecule is O=C(O)CCC=CN1C(=O)CCC1=O. The van der Waals surface area contributed by atoms with E-state index in [4.69, 9.17) is 5.11 Å². The molecular formula is C9H11NO4. The molecule has 0 aromatic carbocycles. The standard InChI is InChI=1S/C9H11NO4/c11-7-4-5-8(12)10(7)6-2-1-3-9(13)14/h2,6H,1,3-5H2,(H,13,14). The third-order valence-corrected chi connectivity index (χ3v) is 1.87. The minimum atomic E-state index is -0.895. The second-order valence-electron chi connectivity index (χ2n) is 2.97. The molecule has 1 heterocycles. The summed E-state index contributed by atoms with van der Waals surface area (Å²) >= 11 is 0. The number of aliphatic carboxylic acids is 1. The van der Waals surface area contributed by atoms with Crippen LogP contribution in [0.5, 0.6) is 0 Å². The van der Waals surface area contributed by atoms with E-state index in [0.717, 1.165) is 4.90 Å². The summed E-state index contributed by atoms with van der Waals surface area (Å²) in [7, 11) is 0. The summed E-state index contributed by atoms with van der Waals surface area (Å²) in [5, 5.41) is 8.33. The van der Waals surface area contributed by atoms with E-state index in [0.29, 0.717) is 6.42 Å². The smallest absolute Gasteiger partial charge is 0.303 e. The van der Waals surface area contributed by atoms with Crippen LogP contribution in [0.3, 0.4) is 0 Å². The summed E-state index contributed by atoms with van der Waals surface area (Å²) < 4.78 is 0. The number of carboxylic acid groups (broad SMARTS) is 1. The summed E-state index contributed by atoms with van der Waals surface area (Å²) in [5.74, 6) is -1.34. The molecule has 0 aromatic rings. The number of nitrogens with zero attached hydrogens (tertiary/aromatic N) is 1. The number of carboxylic acids is 1. The molecule has 5 heteroatoms. The van der Waals surface area contributed by atoms with E-state index in [9.17, 15) is 14.4 Å². The molecule has 1 rings (SSSR count). The quantitative estimate of drug-likeness (QED) is 0.666. The molecule has 1 aliphatic heterocycles. The Morgan fingerprint density at radius 3 is 2.43 bits per heavy atom. The fourth-order valence-electron chi connectivity index (χ4n) is 1.15. The molecule has 0 bridgehead atoms. The van der Waals surface area contributed by atoms with Crippen molar-refractivity contribution in [2.75, 3.05) is 0 Å². The van der Waals surface area contributed by atoms with Crippen LogP contribution in [0.2, 0.25) is 0 Å². The molecule has 2 amide bonds. The third kappa shape index (κ3) is 2.69. The van der Waals surface area contributed by atoms with Crippen LogP contribution in [0.4, 0.5) is 0 Å². The average Bonchev–Trinajstić information content (AvgIpc) is 2.42. The van der Waals surface area contributed by atoms with E-state index in [1.807, 2.05) is 0 Å². The molecule has 14 heavy (non-hydrogen) atoms. The molecule has 1 saturated heterocycles. The predicted molar refractivity (Wildman–Crippen MR) is 47.1 cm³/mol. The molecule has 1 N–H and O–H groups in total. The van der Waals surface area contributed by atoms with Crippen molar-refractivity contribution in [1.29, 1.82) is 0 Å². The Balaban J connectivity index is 2.39. The first-order valence-electron chi connectivity index (χ1n) is 4.34. The topological polar surface area (TPSA) is 74.7 Å². The van der Waals surface area contributed by atoms with Gasteiger partial charge in [0.25, 0.3) is 0 Å². The number of allylic oxidation sites excluding steroid dienone is 1. The highest BCUT2D eigenvalue weighted by atomic mass is 16.4. The second-order valence-corrected chi connectivity index (χ2v) is 2.97. The maximum Gasteiger partial charge on any atom is 0.303 e. The lowest BCUT2D eigenvalue weighted by Crippen LogP contribution is -2.22. The molecule has 0 radical (unpaired) electrons. The van der Waals surface area contributed by atoms with E-state index in [2.05, 4.69) is 0 Å². The Labute approximate surface area is 81.0 Å². The maximum atomic E-state index is 11.1. The van der Waals surface area contributed by atoms with Gasteiger partial charge in [-0.25, -0.2) is 0 Å². The predicted octanol–water partition coefficient (Wildman–Crippen LogP) is 0.514. The van der Waals surface area contributed by atoms with Gasteiger partial charge in [-0.15, -0.1) is 0 Å². The van der Waals surface area contributed by atoms with Crippen LogP contribution in [0.1, 0.15) is 25.7 Å². The van der Waals surface area contributed by atoms with Gasteiger partial charge in [-0.05, 0) is 6.42 Å². The van der Waals surface area contributed by atoms with Crippen molar-refractivity contribution in [3.05, 3.63) is 12.3 Å². The molecule has 0 unspecified atom stereocenters. The van der Waals surface area contributed by atoms with Gasteiger partial charge in [0.05, 0.1) is 0 Å². The average molecular weight is 197 g/mol. The van der Waals surface area contributed by atoms with E-state index < -0.39 is 5.97 Å². The van der Waals surface area contributed by atoms with Crippen LogP contribution in [-0.4, -0.2) is 27.8 Å². The van der Waals surface area contributed by atoms with Crippen molar-refractivity contribution >= 4 is 17.8 Å². The number of imide groups is 1. The molecule has 0 aliphatic carbocycles. The van der Waals surface area contributed by atoms with E-state index in [-0.39, 0.29) is 31.1 Å². The largest absolute Gasteiger partial charge is 0.481 e. The fraction of sp³-hybridized carbons (Fsp3) is 0.444. The summed E-state index contributed by atoms with van der Waals surface area (Å²) in [6, 6.07) is 0. The number of hydrogen-bond donors (Lipinski definition) is 1. The first-order chi connectivity index (χ1) is 6.61. The fourth-order valence-corrected chi connectivity index (χ4v) is 1.15. The lowest BCUT2D eigenvalue weighted by molar-refractivity contribution is -0.137. The molecule has 0 atom stereocenters. The van der Waals surface area contributed by atoms with Gasteiger partial charge in [0, 0.05) is 25.5 Å². The Kier molecular flexibility index (Phi) is 3.39. The van der Waals surface area contributed by atoms with Gasteiger partial charge in [0.2, 0.25) is 11.8 Å². The molecule has 5 nitrogen and oxygen atoms in total. The molecule has 76 valence electrons. The van der Waals surface area contributed by atoms with Gasteiger partial charge in [-0.2, -0.15) is 0 Å². The Bertz CT molecular complexity index is 279. The van der Waals surface area contributed by atoms with Gasteiger partial charge in [-0.3, -0.25) is 19.3 Å². The molecular weight excluding hydrogens is 186 g/mol. The first-order valence-corrected chi connectivity index (χ1v) is 4.34. The summed E-state index contributed by atoms with van der Waals surface area (Å²) in [6.45, 7) is 0. The van der Waals surface area contributed by atoms with Crippen LogP contribution in [-0.2, 0) is 14.4 Å². The van der Waals surface area contributed by atoms with Crippen molar-refractivity contribution in [3.63, 3.8) is 0 Å². The van der Waals surface area contributed by atoms with Gasteiger partial charge >= 0.3 is 5.97 Å². The molecule has 0 aromatic heterocycles. The summed E-state index contributed by atoms with van der Waals surface area (Å²) in [5.41, 5.74) is 0. The summed E-state index contributed by atoms with van der Waals surface area (Å²) in [6.07, 6.45) is 3.72. The van der Waals surface area contributed by atoms with Crippen LogP contribution < -0.4 is 0 Å². The minimum absolute atomic E-state index is 0.00667. The van der Waals surface area contributed by atoms with Gasteiger partial charge in [-0.1, -0.05) is 6.08 Å². The number of carbonyl (C=O) groups excluding carboxylic acids is 2. The highest BCUT2D eigenvalue weighted by Crippen LogP contribution is 2.12. The lowest BCUT2D eigenvalue weighted by Gasteiger charge is -2.05. The van der Waals surface area contributed by atoms with Crippen molar-refractivity contribution < 1.29 is 19.5 Å². The highest BCUT2D eigenvalue weighted by molar-refractivity contribution is 6.02. The number of rotatable bonds is 4. The van der Waals surface area contributed by atoms with Gasteiger partial charge in [0.15, 0.2) is 0 Å². The van der Waals surface area contributed by atoms with Gasteiger partial charge < -0.3 is 5.11 Å². The van der Waals surface area contributed by atoms with Crippen LogP contribution in [0, 0.1) is 0 Å². The van der Waals surface area contributed by atoms with Crippen LogP contribution in [0.25, 0.3) is 0 Å². The number of likely N-dealkylation sites (tertiary alicyclic amines) is 1. The molecule has 1 fully saturated rings. The minimum Gasteiger partial charge on any atom is -0.481 e. The zero-order valence-corrected chi connectivity index (χ0v) is 7.60.